The van der Waals surface area contributed by atoms with Crippen molar-refractivity contribution in [1.29, 1.82) is 0 Å². The fourth-order valence-corrected chi connectivity index (χ4v) is 2.86. The number of aromatic hydroxyl groups is 1. The van der Waals surface area contributed by atoms with Crippen molar-refractivity contribution in [3.05, 3.63) is 35.5 Å². The van der Waals surface area contributed by atoms with Crippen LogP contribution in [0.5, 0.6) is 5.75 Å². The number of aliphatic hydroxyl groups is 2. The zero-order valence-corrected chi connectivity index (χ0v) is 13.3. The molecule has 7 nitrogen and oxygen atoms in total. The Kier molecular flexibility index (Phi) is 4.66. The molecule has 7 heteroatoms. The van der Waals surface area contributed by atoms with Crippen molar-refractivity contribution in [2.24, 2.45) is 0 Å². The number of morpholine rings is 1. The lowest BCUT2D eigenvalue weighted by molar-refractivity contribution is -0.0937. The summed E-state index contributed by atoms with van der Waals surface area (Å²) in [6, 6.07) is 6.54. The summed E-state index contributed by atoms with van der Waals surface area (Å²) in [5, 5.41) is 29.1. The van der Waals surface area contributed by atoms with Gasteiger partial charge < -0.3 is 25.0 Å². The van der Waals surface area contributed by atoms with Gasteiger partial charge in [-0.2, -0.15) is 0 Å². The van der Waals surface area contributed by atoms with E-state index in [0.29, 0.717) is 35.3 Å². The molecule has 2 atom stereocenters. The van der Waals surface area contributed by atoms with E-state index in [1.807, 2.05) is 0 Å². The molecule has 3 N–H and O–H groups in total. The van der Waals surface area contributed by atoms with Gasteiger partial charge in [-0.05, 0) is 31.2 Å². The van der Waals surface area contributed by atoms with Gasteiger partial charge in [0.1, 0.15) is 18.0 Å². The number of phenolic OH excluding ortho intramolecular Hbond substituents is 1. The molecular weight excluding hydrogens is 312 g/mol. The molecule has 128 valence electrons. The maximum atomic E-state index is 12.8. The summed E-state index contributed by atoms with van der Waals surface area (Å²) in [6.07, 6.45) is -1.63. The summed E-state index contributed by atoms with van der Waals surface area (Å²) >= 11 is 0. The molecule has 1 aromatic carbocycles. The molecule has 1 aliphatic rings. The first kappa shape index (κ1) is 16.6. The number of hydrogen-bond donors (Lipinski definition) is 3. The number of rotatable bonds is 3. The van der Waals surface area contributed by atoms with Crippen molar-refractivity contribution < 1.29 is 24.9 Å². The summed E-state index contributed by atoms with van der Waals surface area (Å²) in [5.74, 6) is -0.0901. The maximum Gasteiger partial charge on any atom is 0.255 e. The molecule has 0 saturated carbocycles. The van der Waals surface area contributed by atoms with Crippen molar-refractivity contribution in [2.75, 3.05) is 26.3 Å². The number of hydrogen-bond acceptors (Lipinski definition) is 6. The van der Waals surface area contributed by atoms with Crippen molar-refractivity contribution in [1.82, 2.24) is 9.88 Å². The number of fused-ring (bicyclic) bond motifs is 1. The third-order valence-electron chi connectivity index (χ3n) is 4.22. The normalized spacial score (nSPS) is 19.5. The first-order chi connectivity index (χ1) is 11.5. The topological polar surface area (TPSA) is 103 Å². The van der Waals surface area contributed by atoms with Crippen molar-refractivity contribution in [3.63, 3.8) is 0 Å². The highest BCUT2D eigenvalue weighted by Gasteiger charge is 2.30. The summed E-state index contributed by atoms with van der Waals surface area (Å²) < 4.78 is 5.41. The van der Waals surface area contributed by atoms with Crippen LogP contribution in [0.3, 0.4) is 0 Å². The fraction of sp³-hybridized carbons (Fsp3) is 0.412. The highest BCUT2D eigenvalue weighted by molar-refractivity contribution is 5.98. The predicted octanol–water partition coefficient (Wildman–Crippen LogP) is 0.443. The van der Waals surface area contributed by atoms with Crippen LogP contribution in [0.15, 0.2) is 24.3 Å². The molecule has 1 amide bonds. The van der Waals surface area contributed by atoms with Gasteiger partial charge in [-0.25, -0.2) is 0 Å². The molecule has 1 aliphatic heterocycles. The zero-order chi connectivity index (χ0) is 17.3. The van der Waals surface area contributed by atoms with Gasteiger partial charge in [0.25, 0.3) is 5.91 Å². The van der Waals surface area contributed by atoms with Gasteiger partial charge in [0.05, 0.1) is 30.0 Å². The Hall–Kier alpha value is -2.22. The lowest BCUT2D eigenvalue weighted by Gasteiger charge is -2.35. The van der Waals surface area contributed by atoms with Gasteiger partial charge in [-0.15, -0.1) is 0 Å². The minimum Gasteiger partial charge on any atom is -0.508 e. The highest BCUT2D eigenvalue weighted by atomic mass is 16.5. The van der Waals surface area contributed by atoms with E-state index in [1.165, 1.54) is 0 Å². The standard InChI is InChI=1S/C17H20N2O5/c1-10-13(7-11-6-12(21)2-3-14(11)18-10)17(23)19-4-5-24-16(8-19)15(22)9-20/h2-3,6-7,15-16,20-22H,4-5,8-9H2,1H3/t15-,16-/m0/s1. The average Bonchev–Trinajstić information content (AvgIpc) is 2.60. The molecule has 0 unspecified atom stereocenters. The molecule has 0 radical (unpaired) electrons. The molecule has 24 heavy (non-hydrogen) atoms. The molecule has 1 fully saturated rings. The van der Waals surface area contributed by atoms with Crippen LogP contribution in [-0.2, 0) is 4.74 Å². The van der Waals surface area contributed by atoms with E-state index in [0.717, 1.165) is 0 Å². The van der Waals surface area contributed by atoms with E-state index >= 15 is 0 Å². The second kappa shape index (κ2) is 6.72. The molecule has 1 aromatic heterocycles. The molecule has 2 heterocycles. The van der Waals surface area contributed by atoms with Crippen molar-refractivity contribution >= 4 is 16.8 Å². The first-order valence-corrected chi connectivity index (χ1v) is 7.80. The smallest absolute Gasteiger partial charge is 0.255 e. The number of carbonyl (C=O) groups excluding carboxylic acids is 1. The SMILES string of the molecule is Cc1nc2ccc(O)cc2cc1C(=O)N1CCO[C@H]([C@@H](O)CO)C1. The highest BCUT2D eigenvalue weighted by Crippen LogP contribution is 2.23. The van der Waals surface area contributed by atoms with Gasteiger partial charge in [0.15, 0.2) is 0 Å². The van der Waals surface area contributed by atoms with E-state index in [-0.39, 0.29) is 18.2 Å². The largest absolute Gasteiger partial charge is 0.508 e. The number of nitrogens with zero attached hydrogens (tertiary/aromatic N) is 2. The molecule has 0 bridgehead atoms. The van der Waals surface area contributed by atoms with Crippen LogP contribution < -0.4 is 0 Å². The molecule has 3 rings (SSSR count). The number of ether oxygens (including phenoxy) is 1. The van der Waals surface area contributed by atoms with Crippen LogP contribution in [0, 0.1) is 6.92 Å². The van der Waals surface area contributed by atoms with E-state index in [4.69, 9.17) is 9.84 Å². The van der Waals surface area contributed by atoms with E-state index < -0.39 is 18.8 Å². The van der Waals surface area contributed by atoms with Crippen LogP contribution in [0.1, 0.15) is 16.1 Å². The lowest BCUT2D eigenvalue weighted by atomic mass is 10.1. The number of pyridine rings is 1. The van der Waals surface area contributed by atoms with Crippen LogP contribution >= 0.6 is 0 Å². The summed E-state index contributed by atoms with van der Waals surface area (Å²) in [5.41, 5.74) is 1.76. The Balaban J connectivity index is 1.89. The monoisotopic (exact) mass is 332 g/mol. The fourth-order valence-electron chi connectivity index (χ4n) is 2.86. The summed E-state index contributed by atoms with van der Waals surface area (Å²) in [4.78, 5) is 18.8. The Morgan fingerprint density at radius 2 is 2.25 bits per heavy atom. The average molecular weight is 332 g/mol. The summed E-state index contributed by atoms with van der Waals surface area (Å²) in [7, 11) is 0. The number of phenols is 1. The minimum atomic E-state index is -1.02. The first-order valence-electron chi connectivity index (χ1n) is 7.80. The lowest BCUT2D eigenvalue weighted by Crippen LogP contribution is -2.50. The van der Waals surface area contributed by atoms with Crippen LogP contribution in [0.4, 0.5) is 0 Å². The third kappa shape index (κ3) is 3.19. The van der Waals surface area contributed by atoms with Gasteiger partial charge in [-0.3, -0.25) is 9.78 Å². The van der Waals surface area contributed by atoms with Gasteiger partial charge in [0, 0.05) is 18.5 Å². The van der Waals surface area contributed by atoms with Crippen molar-refractivity contribution in [3.8, 4) is 5.75 Å². The Labute approximate surface area is 139 Å². The Morgan fingerprint density at radius 1 is 1.46 bits per heavy atom. The molecule has 0 aliphatic carbocycles. The van der Waals surface area contributed by atoms with Crippen molar-refractivity contribution in [2.45, 2.75) is 19.1 Å². The van der Waals surface area contributed by atoms with E-state index in [9.17, 15) is 15.0 Å². The number of carbonyl (C=O) groups is 1. The number of benzene rings is 1. The zero-order valence-electron chi connectivity index (χ0n) is 13.3. The Morgan fingerprint density at radius 3 is 3.00 bits per heavy atom. The molecular formula is C17H20N2O5. The van der Waals surface area contributed by atoms with Crippen LogP contribution in [-0.4, -0.2) is 69.6 Å². The number of aromatic nitrogens is 1. The number of amides is 1. The molecule has 1 saturated heterocycles. The minimum absolute atomic E-state index is 0.115. The van der Waals surface area contributed by atoms with Gasteiger partial charge in [-0.1, -0.05) is 0 Å². The molecule has 0 spiro atoms. The van der Waals surface area contributed by atoms with Crippen LogP contribution in [0.25, 0.3) is 10.9 Å². The second-order valence-corrected chi connectivity index (χ2v) is 5.91. The van der Waals surface area contributed by atoms with Crippen LogP contribution in [0.2, 0.25) is 0 Å². The summed E-state index contributed by atoms with van der Waals surface area (Å²) in [6.45, 7) is 2.26. The van der Waals surface area contributed by atoms with E-state index in [2.05, 4.69) is 4.98 Å². The predicted molar refractivity (Wildman–Crippen MR) is 86.9 cm³/mol. The maximum absolute atomic E-state index is 12.8. The van der Waals surface area contributed by atoms with Gasteiger partial charge >= 0.3 is 0 Å². The molecule has 2 aromatic rings. The quantitative estimate of drug-likeness (QED) is 0.754. The third-order valence-corrected chi connectivity index (χ3v) is 4.22. The van der Waals surface area contributed by atoms with E-state index in [1.54, 1.807) is 36.1 Å². The number of aryl methyl sites for hydroxylation is 1. The van der Waals surface area contributed by atoms with Gasteiger partial charge in [0.2, 0.25) is 0 Å². The number of aliphatic hydroxyl groups excluding tert-OH is 2. The second-order valence-electron chi connectivity index (χ2n) is 5.91. The Bertz CT molecular complexity index is 764.